The Hall–Kier alpha value is -3.28. The van der Waals surface area contributed by atoms with Gasteiger partial charge in [0.2, 0.25) is 0 Å². The summed E-state index contributed by atoms with van der Waals surface area (Å²) < 4.78 is 13.1. The molecule has 0 atom stereocenters. The highest BCUT2D eigenvalue weighted by atomic mass is 16.5. The molecule has 1 N–H and O–H groups in total. The minimum absolute atomic E-state index is 0.133. The van der Waals surface area contributed by atoms with Gasteiger partial charge in [-0.05, 0) is 35.4 Å². The zero-order chi connectivity index (χ0) is 18.5. The van der Waals surface area contributed by atoms with Crippen LogP contribution in [0.15, 0.2) is 60.9 Å². The van der Waals surface area contributed by atoms with Crippen LogP contribution in [-0.2, 0) is 13.1 Å². The number of rotatable bonds is 5. The Morgan fingerprint density at radius 2 is 1.81 bits per heavy atom. The highest BCUT2D eigenvalue weighted by Gasteiger charge is 2.14. The van der Waals surface area contributed by atoms with Crippen LogP contribution in [0.25, 0.3) is 0 Å². The first kappa shape index (κ1) is 17.1. The fraction of sp³-hybridized carbons (Fsp3) is 0.238. The summed E-state index contributed by atoms with van der Waals surface area (Å²) in [4.78, 5) is 12.4. The topological polar surface area (TPSA) is 65.4 Å². The molecule has 1 aliphatic rings. The lowest BCUT2D eigenvalue weighted by Gasteiger charge is -2.10. The summed E-state index contributed by atoms with van der Waals surface area (Å²) in [7, 11) is 0. The predicted octanol–water partition coefficient (Wildman–Crippen LogP) is 3.02. The van der Waals surface area contributed by atoms with Gasteiger partial charge in [0, 0.05) is 30.9 Å². The number of carbonyl (C=O) groups is 1. The third-order valence-electron chi connectivity index (χ3n) is 4.39. The molecule has 0 bridgehead atoms. The minimum atomic E-state index is -0.133. The van der Waals surface area contributed by atoms with E-state index in [1.807, 2.05) is 29.1 Å². The average Bonchev–Trinajstić information content (AvgIpc) is 3.09. The zero-order valence-corrected chi connectivity index (χ0v) is 14.9. The normalized spacial score (nSPS) is 13.0. The number of hydrogen-bond donors (Lipinski definition) is 1. The monoisotopic (exact) mass is 363 g/mol. The standard InChI is InChI=1S/C21H21N3O3/c25-21(18-7-8-19-20(13-18)27-12-2-11-26-19)22-14-16-3-5-17(6-4-16)15-24-10-1-9-23-24/h1,3-10,13H,2,11-12,14-15H2,(H,22,25). The molecule has 0 unspecified atom stereocenters. The Kier molecular flexibility index (Phi) is 5.05. The van der Waals surface area contributed by atoms with Crippen LogP contribution < -0.4 is 14.8 Å². The number of ether oxygens (including phenoxy) is 2. The van der Waals surface area contributed by atoms with Gasteiger partial charge in [0.25, 0.3) is 5.91 Å². The number of fused-ring (bicyclic) bond motifs is 1. The highest BCUT2D eigenvalue weighted by molar-refractivity contribution is 5.94. The van der Waals surface area contributed by atoms with E-state index in [2.05, 4.69) is 22.5 Å². The number of benzene rings is 2. The SMILES string of the molecule is O=C(NCc1ccc(Cn2cccn2)cc1)c1ccc2c(c1)OCCCO2. The van der Waals surface area contributed by atoms with Crippen molar-refractivity contribution in [2.24, 2.45) is 0 Å². The number of carbonyl (C=O) groups excluding carboxylic acids is 1. The van der Waals surface area contributed by atoms with Crippen LogP contribution in [0, 0.1) is 0 Å². The lowest BCUT2D eigenvalue weighted by atomic mass is 10.1. The average molecular weight is 363 g/mol. The van der Waals surface area contributed by atoms with Gasteiger partial charge in [-0.25, -0.2) is 0 Å². The minimum Gasteiger partial charge on any atom is -0.490 e. The van der Waals surface area contributed by atoms with E-state index >= 15 is 0 Å². The van der Waals surface area contributed by atoms with Crippen molar-refractivity contribution in [1.29, 1.82) is 0 Å². The maximum Gasteiger partial charge on any atom is 0.251 e. The molecule has 1 aromatic heterocycles. The molecule has 2 heterocycles. The molecule has 3 aromatic rings. The Balaban J connectivity index is 1.35. The van der Waals surface area contributed by atoms with Crippen LogP contribution in [0.5, 0.6) is 11.5 Å². The largest absolute Gasteiger partial charge is 0.490 e. The summed E-state index contributed by atoms with van der Waals surface area (Å²) in [5, 5.41) is 7.15. The van der Waals surface area contributed by atoms with E-state index in [4.69, 9.17) is 9.47 Å². The van der Waals surface area contributed by atoms with Gasteiger partial charge in [0.05, 0.1) is 19.8 Å². The second-order valence-electron chi connectivity index (χ2n) is 6.41. The molecule has 0 spiro atoms. The molecule has 0 saturated heterocycles. The van der Waals surface area contributed by atoms with Gasteiger partial charge in [0.1, 0.15) is 0 Å². The molecule has 6 nitrogen and oxygen atoms in total. The zero-order valence-electron chi connectivity index (χ0n) is 14.9. The van der Waals surface area contributed by atoms with Gasteiger partial charge in [-0.3, -0.25) is 9.48 Å². The van der Waals surface area contributed by atoms with Gasteiger partial charge < -0.3 is 14.8 Å². The van der Waals surface area contributed by atoms with Crippen LogP contribution >= 0.6 is 0 Å². The summed E-state index contributed by atoms with van der Waals surface area (Å²) in [6.07, 6.45) is 4.54. The first-order valence-corrected chi connectivity index (χ1v) is 9.01. The second-order valence-corrected chi connectivity index (χ2v) is 6.41. The maximum atomic E-state index is 12.4. The van der Waals surface area contributed by atoms with Crippen molar-refractivity contribution < 1.29 is 14.3 Å². The molecule has 6 heteroatoms. The summed E-state index contributed by atoms with van der Waals surface area (Å²) in [5.41, 5.74) is 2.77. The lowest BCUT2D eigenvalue weighted by Crippen LogP contribution is -2.22. The highest BCUT2D eigenvalue weighted by Crippen LogP contribution is 2.30. The van der Waals surface area contributed by atoms with Crippen molar-refractivity contribution in [2.45, 2.75) is 19.5 Å². The van der Waals surface area contributed by atoms with E-state index in [0.717, 1.165) is 24.1 Å². The quantitative estimate of drug-likeness (QED) is 0.757. The molecular formula is C21H21N3O3. The molecular weight excluding hydrogens is 342 g/mol. The first-order valence-electron chi connectivity index (χ1n) is 9.01. The predicted molar refractivity (Wildman–Crippen MR) is 101 cm³/mol. The Morgan fingerprint density at radius 3 is 2.59 bits per heavy atom. The molecule has 0 aliphatic carbocycles. The molecule has 0 radical (unpaired) electrons. The Bertz CT molecular complexity index is 905. The van der Waals surface area contributed by atoms with Gasteiger partial charge in [-0.15, -0.1) is 0 Å². The molecule has 4 rings (SSSR count). The van der Waals surface area contributed by atoms with Crippen molar-refractivity contribution in [3.63, 3.8) is 0 Å². The van der Waals surface area contributed by atoms with Crippen molar-refractivity contribution in [3.8, 4) is 11.5 Å². The maximum absolute atomic E-state index is 12.4. The summed E-state index contributed by atoms with van der Waals surface area (Å²) in [6.45, 7) is 2.43. The van der Waals surface area contributed by atoms with E-state index in [-0.39, 0.29) is 5.91 Å². The van der Waals surface area contributed by atoms with Gasteiger partial charge in [0.15, 0.2) is 11.5 Å². The fourth-order valence-electron chi connectivity index (χ4n) is 2.93. The van der Waals surface area contributed by atoms with Crippen LogP contribution in [0.4, 0.5) is 0 Å². The van der Waals surface area contributed by atoms with Crippen LogP contribution in [0.1, 0.15) is 27.9 Å². The molecule has 138 valence electrons. The van der Waals surface area contributed by atoms with E-state index in [0.29, 0.717) is 36.8 Å². The summed E-state index contributed by atoms with van der Waals surface area (Å²) >= 11 is 0. The number of hydrogen-bond acceptors (Lipinski definition) is 4. The molecule has 0 saturated carbocycles. The molecule has 1 aliphatic heterocycles. The van der Waals surface area contributed by atoms with E-state index in [1.165, 1.54) is 0 Å². The van der Waals surface area contributed by atoms with Crippen LogP contribution in [0.2, 0.25) is 0 Å². The Morgan fingerprint density at radius 1 is 1.04 bits per heavy atom. The fourth-order valence-corrected chi connectivity index (χ4v) is 2.93. The lowest BCUT2D eigenvalue weighted by molar-refractivity contribution is 0.0950. The number of nitrogens with zero attached hydrogens (tertiary/aromatic N) is 2. The van der Waals surface area contributed by atoms with Crippen molar-refractivity contribution in [2.75, 3.05) is 13.2 Å². The van der Waals surface area contributed by atoms with Gasteiger partial charge >= 0.3 is 0 Å². The van der Waals surface area contributed by atoms with E-state index < -0.39 is 0 Å². The van der Waals surface area contributed by atoms with E-state index in [1.54, 1.807) is 24.4 Å². The summed E-state index contributed by atoms with van der Waals surface area (Å²) in [6, 6.07) is 15.3. The van der Waals surface area contributed by atoms with Gasteiger partial charge in [-0.1, -0.05) is 24.3 Å². The molecule has 2 aromatic carbocycles. The van der Waals surface area contributed by atoms with E-state index in [9.17, 15) is 4.79 Å². The van der Waals surface area contributed by atoms with Crippen LogP contribution in [-0.4, -0.2) is 28.9 Å². The molecule has 27 heavy (non-hydrogen) atoms. The summed E-state index contributed by atoms with van der Waals surface area (Å²) in [5.74, 6) is 1.19. The van der Waals surface area contributed by atoms with Gasteiger partial charge in [-0.2, -0.15) is 5.10 Å². The van der Waals surface area contributed by atoms with Crippen molar-refractivity contribution >= 4 is 5.91 Å². The third kappa shape index (κ3) is 4.28. The van der Waals surface area contributed by atoms with Crippen molar-refractivity contribution in [3.05, 3.63) is 77.6 Å². The number of nitrogens with one attached hydrogen (secondary N) is 1. The van der Waals surface area contributed by atoms with Crippen LogP contribution in [0.3, 0.4) is 0 Å². The number of amides is 1. The second kappa shape index (κ2) is 7.95. The smallest absolute Gasteiger partial charge is 0.251 e. The van der Waals surface area contributed by atoms with Crippen molar-refractivity contribution in [1.82, 2.24) is 15.1 Å². The molecule has 0 fully saturated rings. The first-order chi connectivity index (χ1) is 13.3. The Labute approximate surface area is 157 Å². The third-order valence-corrected chi connectivity index (χ3v) is 4.39. The number of aromatic nitrogens is 2. The molecule has 1 amide bonds.